The second kappa shape index (κ2) is 5.71. The van der Waals surface area contributed by atoms with Crippen molar-refractivity contribution >= 4 is 37.5 Å². The zero-order chi connectivity index (χ0) is 14.9. The van der Waals surface area contributed by atoms with Gasteiger partial charge in [-0.25, -0.2) is 13.1 Å². The van der Waals surface area contributed by atoms with E-state index in [0.29, 0.717) is 23.9 Å². The minimum atomic E-state index is -3.70. The third-order valence-corrected chi connectivity index (χ3v) is 5.28. The number of likely N-dealkylation sites (N-methyl/N-ethyl adjacent to an activating group) is 1. The molecule has 1 saturated heterocycles. The molecule has 2 rings (SSSR count). The topological polar surface area (TPSA) is 92.5 Å². The number of amides is 1. The number of carbonyl (C=O) groups is 1. The molecule has 1 unspecified atom stereocenters. The lowest BCUT2D eigenvalue weighted by atomic mass is 10.1. The summed E-state index contributed by atoms with van der Waals surface area (Å²) >= 11 is 3.23. The number of nitrogens with two attached hydrogens (primary N) is 1. The molecule has 1 heterocycles. The number of carbonyl (C=O) groups excluding carboxylic acids is 1. The molecule has 0 radical (unpaired) electrons. The summed E-state index contributed by atoms with van der Waals surface area (Å²) in [5, 5.41) is 0. The minimum absolute atomic E-state index is 0.0300. The molecule has 0 saturated carbocycles. The fourth-order valence-electron chi connectivity index (χ4n) is 2.13. The number of nitrogen functional groups attached to an aromatic ring is 1. The van der Waals surface area contributed by atoms with Crippen LogP contribution in [0.15, 0.2) is 27.6 Å². The van der Waals surface area contributed by atoms with Crippen molar-refractivity contribution in [2.45, 2.75) is 23.8 Å². The maximum atomic E-state index is 12.3. The van der Waals surface area contributed by atoms with Crippen LogP contribution in [0.25, 0.3) is 0 Å². The molecular formula is C12H16BrN3O3S. The third-order valence-electron chi connectivity index (χ3n) is 3.21. The first-order valence-electron chi connectivity index (χ1n) is 6.11. The lowest BCUT2D eigenvalue weighted by Gasteiger charge is -2.30. The molecule has 1 aliphatic rings. The average Bonchev–Trinajstić information content (AvgIpc) is 2.36. The Morgan fingerprint density at radius 2 is 2.15 bits per heavy atom. The van der Waals surface area contributed by atoms with Gasteiger partial charge in [0.1, 0.15) is 4.90 Å². The van der Waals surface area contributed by atoms with Gasteiger partial charge in [0.2, 0.25) is 15.9 Å². The van der Waals surface area contributed by atoms with Gasteiger partial charge in [0.15, 0.2) is 0 Å². The third kappa shape index (κ3) is 3.31. The Kier molecular flexibility index (Phi) is 4.36. The average molecular weight is 362 g/mol. The van der Waals surface area contributed by atoms with E-state index in [-0.39, 0.29) is 22.5 Å². The van der Waals surface area contributed by atoms with Crippen LogP contribution in [0.4, 0.5) is 5.69 Å². The summed E-state index contributed by atoms with van der Waals surface area (Å²) in [7, 11) is -2.03. The molecule has 110 valence electrons. The largest absolute Gasteiger partial charge is 0.398 e. The first kappa shape index (κ1) is 15.3. The van der Waals surface area contributed by atoms with Crippen molar-refractivity contribution in [3.8, 4) is 0 Å². The van der Waals surface area contributed by atoms with E-state index >= 15 is 0 Å². The molecule has 0 aliphatic carbocycles. The van der Waals surface area contributed by atoms with E-state index < -0.39 is 10.0 Å². The van der Waals surface area contributed by atoms with Gasteiger partial charge in [0, 0.05) is 30.5 Å². The van der Waals surface area contributed by atoms with Gasteiger partial charge in [0.25, 0.3) is 0 Å². The highest BCUT2D eigenvalue weighted by Gasteiger charge is 2.28. The molecule has 0 spiro atoms. The normalized spacial score (nSPS) is 20.2. The van der Waals surface area contributed by atoms with Crippen LogP contribution in [0.1, 0.15) is 12.8 Å². The van der Waals surface area contributed by atoms with E-state index in [1.54, 1.807) is 13.1 Å². The van der Waals surface area contributed by atoms with Crippen LogP contribution in [0.2, 0.25) is 0 Å². The summed E-state index contributed by atoms with van der Waals surface area (Å²) in [4.78, 5) is 13.0. The number of sulfonamides is 1. The Morgan fingerprint density at radius 3 is 2.80 bits per heavy atom. The second-order valence-corrected chi connectivity index (χ2v) is 7.41. The van der Waals surface area contributed by atoms with Crippen molar-refractivity contribution in [3.63, 3.8) is 0 Å². The molecule has 6 nitrogen and oxygen atoms in total. The molecule has 8 heteroatoms. The summed E-state index contributed by atoms with van der Waals surface area (Å²) in [6.45, 7) is 0.367. The van der Waals surface area contributed by atoms with Gasteiger partial charge in [-0.1, -0.05) is 15.9 Å². The SMILES string of the molecule is CN1CC(NS(=O)(=O)c2cc(Br)ccc2N)CCC1=O. The number of likely N-dealkylation sites (tertiary alicyclic amines) is 1. The van der Waals surface area contributed by atoms with Crippen molar-refractivity contribution in [2.75, 3.05) is 19.3 Å². The molecule has 1 aromatic rings. The minimum Gasteiger partial charge on any atom is -0.398 e. The highest BCUT2D eigenvalue weighted by atomic mass is 79.9. The van der Waals surface area contributed by atoms with Crippen LogP contribution < -0.4 is 10.5 Å². The van der Waals surface area contributed by atoms with E-state index in [4.69, 9.17) is 5.73 Å². The van der Waals surface area contributed by atoms with Crippen LogP contribution in [0.3, 0.4) is 0 Å². The van der Waals surface area contributed by atoms with Crippen LogP contribution in [0.5, 0.6) is 0 Å². The predicted molar refractivity (Wildman–Crippen MR) is 79.5 cm³/mol. The number of hydrogen-bond donors (Lipinski definition) is 2. The van der Waals surface area contributed by atoms with Crippen molar-refractivity contribution < 1.29 is 13.2 Å². The molecule has 1 aliphatic heterocycles. The molecule has 1 aromatic carbocycles. The first-order chi connectivity index (χ1) is 9.29. The zero-order valence-corrected chi connectivity index (χ0v) is 13.4. The smallest absolute Gasteiger partial charge is 0.242 e. The van der Waals surface area contributed by atoms with Crippen LogP contribution in [-0.4, -0.2) is 38.9 Å². The number of benzene rings is 1. The van der Waals surface area contributed by atoms with Crippen molar-refractivity contribution in [3.05, 3.63) is 22.7 Å². The standard InChI is InChI=1S/C12H16BrN3O3S/c1-16-7-9(3-5-12(16)17)15-20(18,19)11-6-8(13)2-4-10(11)14/h2,4,6,9,15H,3,5,7,14H2,1H3. The Labute approximate surface area is 126 Å². The second-order valence-electron chi connectivity index (χ2n) is 4.81. The molecule has 1 fully saturated rings. The van der Waals surface area contributed by atoms with E-state index in [2.05, 4.69) is 20.7 Å². The van der Waals surface area contributed by atoms with E-state index in [1.807, 2.05) is 0 Å². The predicted octanol–water partition coefficient (Wildman–Crippen LogP) is 0.930. The number of rotatable bonds is 3. The summed E-state index contributed by atoms with van der Waals surface area (Å²) in [5.74, 6) is 0.0300. The van der Waals surface area contributed by atoms with Crippen molar-refractivity contribution in [1.82, 2.24) is 9.62 Å². The Bertz CT molecular complexity index is 633. The molecule has 0 bridgehead atoms. The fraction of sp³-hybridized carbons (Fsp3) is 0.417. The number of nitrogens with one attached hydrogen (secondary N) is 1. The van der Waals surface area contributed by atoms with Gasteiger partial charge in [-0.3, -0.25) is 4.79 Å². The molecular weight excluding hydrogens is 346 g/mol. The lowest BCUT2D eigenvalue weighted by molar-refractivity contribution is -0.132. The maximum absolute atomic E-state index is 12.3. The van der Waals surface area contributed by atoms with E-state index in [9.17, 15) is 13.2 Å². The summed E-state index contributed by atoms with van der Waals surface area (Å²) in [6, 6.07) is 4.40. The first-order valence-corrected chi connectivity index (χ1v) is 8.38. The van der Waals surface area contributed by atoms with Crippen LogP contribution in [-0.2, 0) is 14.8 Å². The monoisotopic (exact) mass is 361 g/mol. The maximum Gasteiger partial charge on any atom is 0.242 e. The van der Waals surface area contributed by atoms with Gasteiger partial charge in [-0.15, -0.1) is 0 Å². The molecule has 20 heavy (non-hydrogen) atoms. The van der Waals surface area contributed by atoms with Gasteiger partial charge in [0.05, 0.1) is 5.69 Å². The Hall–Kier alpha value is -1.12. The van der Waals surface area contributed by atoms with E-state index in [1.165, 1.54) is 17.0 Å². The number of nitrogens with zero attached hydrogens (tertiary/aromatic N) is 1. The molecule has 1 amide bonds. The highest BCUT2D eigenvalue weighted by molar-refractivity contribution is 9.10. The molecule has 1 atom stereocenters. The fourth-order valence-corrected chi connectivity index (χ4v) is 4.06. The molecule has 3 N–H and O–H groups in total. The quantitative estimate of drug-likeness (QED) is 0.783. The van der Waals surface area contributed by atoms with Gasteiger partial charge in [-0.2, -0.15) is 0 Å². The van der Waals surface area contributed by atoms with Crippen molar-refractivity contribution in [1.29, 1.82) is 0 Å². The van der Waals surface area contributed by atoms with Crippen molar-refractivity contribution in [2.24, 2.45) is 0 Å². The van der Waals surface area contributed by atoms with Gasteiger partial charge in [-0.05, 0) is 24.6 Å². The number of anilines is 1. The van der Waals surface area contributed by atoms with E-state index in [0.717, 1.165) is 0 Å². The highest BCUT2D eigenvalue weighted by Crippen LogP contribution is 2.23. The Balaban J connectivity index is 2.19. The number of piperidine rings is 1. The Morgan fingerprint density at radius 1 is 1.45 bits per heavy atom. The summed E-state index contributed by atoms with van der Waals surface area (Å²) in [5.41, 5.74) is 5.92. The number of hydrogen-bond acceptors (Lipinski definition) is 4. The van der Waals surface area contributed by atoms with Crippen LogP contribution in [0, 0.1) is 0 Å². The van der Waals surface area contributed by atoms with Crippen LogP contribution >= 0.6 is 15.9 Å². The lowest BCUT2D eigenvalue weighted by Crippen LogP contribution is -2.48. The van der Waals surface area contributed by atoms with Gasteiger partial charge < -0.3 is 10.6 Å². The zero-order valence-electron chi connectivity index (χ0n) is 11.0. The number of halogens is 1. The summed E-state index contributed by atoms with van der Waals surface area (Å²) in [6.07, 6.45) is 0.841. The summed E-state index contributed by atoms with van der Waals surface area (Å²) < 4.78 is 27.9. The molecule has 0 aromatic heterocycles. The van der Waals surface area contributed by atoms with Gasteiger partial charge >= 0.3 is 0 Å².